The van der Waals surface area contributed by atoms with Crippen molar-refractivity contribution >= 4 is 50.3 Å². The predicted molar refractivity (Wildman–Crippen MR) is 118 cm³/mol. The van der Waals surface area contributed by atoms with Crippen molar-refractivity contribution in [2.45, 2.75) is 26.1 Å². The largest absolute Gasteiger partial charge is 0.454 e. The normalized spacial score (nSPS) is 17.8. The third kappa shape index (κ3) is 3.01. The van der Waals surface area contributed by atoms with Crippen LogP contribution in [0, 0.1) is 0 Å². The molecule has 4 aromatic rings. The number of hydrogen-bond donors (Lipinski definition) is 0. The van der Waals surface area contributed by atoms with Crippen molar-refractivity contribution in [1.82, 2.24) is 0 Å². The Bertz CT molecular complexity index is 1370. The van der Waals surface area contributed by atoms with E-state index in [4.69, 9.17) is 9.47 Å². The van der Waals surface area contributed by atoms with Gasteiger partial charge in [0.1, 0.15) is 0 Å². The molecule has 5 rings (SSSR count). The number of benzene rings is 4. The van der Waals surface area contributed by atoms with Gasteiger partial charge in [-0.1, -0.05) is 54.6 Å². The maximum Gasteiger partial charge on any atom is 0.303 e. The summed E-state index contributed by atoms with van der Waals surface area (Å²) in [6.07, 6.45) is 2.45. The molecule has 4 nitrogen and oxygen atoms in total. The van der Waals surface area contributed by atoms with Crippen molar-refractivity contribution in [2.75, 3.05) is 0 Å². The molecule has 2 atom stereocenters. The Morgan fingerprint density at radius 2 is 1.43 bits per heavy atom. The number of carbonyl (C=O) groups excluding carboxylic acids is 2. The molecule has 0 radical (unpaired) electrons. The van der Waals surface area contributed by atoms with E-state index in [1.807, 2.05) is 30.3 Å². The SMILES string of the molecule is CC(=O)O[C@H]1C=Cc2c(ccc3cc4ccc5ccccc5c4cc23)[C@@H]1OC(C)=O. The van der Waals surface area contributed by atoms with Crippen LogP contribution in [-0.2, 0) is 19.1 Å². The summed E-state index contributed by atoms with van der Waals surface area (Å²) in [5.41, 5.74) is 1.82. The molecule has 148 valence electrons. The Kier molecular flexibility index (Phi) is 4.28. The van der Waals surface area contributed by atoms with E-state index < -0.39 is 24.1 Å². The lowest BCUT2D eigenvalue weighted by Crippen LogP contribution is -2.28. The van der Waals surface area contributed by atoms with Crippen molar-refractivity contribution in [3.8, 4) is 0 Å². The molecule has 0 N–H and O–H groups in total. The first-order valence-electron chi connectivity index (χ1n) is 9.92. The summed E-state index contributed by atoms with van der Waals surface area (Å²) in [7, 11) is 0. The molecule has 0 saturated carbocycles. The van der Waals surface area contributed by atoms with Gasteiger partial charge in [0.05, 0.1) is 0 Å². The summed E-state index contributed by atoms with van der Waals surface area (Å²) in [4.78, 5) is 23.3. The fourth-order valence-electron chi connectivity index (χ4n) is 4.37. The van der Waals surface area contributed by atoms with E-state index >= 15 is 0 Å². The second kappa shape index (κ2) is 6.99. The van der Waals surface area contributed by atoms with E-state index in [0.29, 0.717) is 0 Å². The Balaban J connectivity index is 1.76. The number of ether oxygens (including phenoxy) is 2. The molecular formula is C26H20O4. The first-order chi connectivity index (χ1) is 14.5. The third-order valence-electron chi connectivity index (χ3n) is 5.61. The van der Waals surface area contributed by atoms with Gasteiger partial charge in [0, 0.05) is 19.4 Å². The minimum atomic E-state index is -0.668. The van der Waals surface area contributed by atoms with E-state index in [1.54, 1.807) is 6.08 Å². The van der Waals surface area contributed by atoms with Gasteiger partial charge in [0.15, 0.2) is 12.2 Å². The zero-order chi connectivity index (χ0) is 20.8. The van der Waals surface area contributed by atoms with Gasteiger partial charge in [0.2, 0.25) is 0 Å². The predicted octanol–water partition coefficient (Wildman–Crippen LogP) is 5.71. The molecule has 0 spiro atoms. The molecule has 0 fully saturated rings. The highest BCUT2D eigenvalue weighted by molar-refractivity contribution is 6.13. The molecule has 0 saturated heterocycles. The molecular weight excluding hydrogens is 376 g/mol. The second-order valence-electron chi connectivity index (χ2n) is 7.61. The summed E-state index contributed by atoms with van der Waals surface area (Å²) < 4.78 is 11.0. The number of hydrogen-bond acceptors (Lipinski definition) is 4. The zero-order valence-corrected chi connectivity index (χ0v) is 16.7. The Morgan fingerprint density at radius 3 is 2.23 bits per heavy atom. The number of rotatable bonds is 2. The lowest BCUT2D eigenvalue weighted by atomic mass is 9.87. The summed E-state index contributed by atoms with van der Waals surface area (Å²) in [6.45, 7) is 2.72. The van der Waals surface area contributed by atoms with Crippen LogP contribution in [0.25, 0.3) is 38.4 Å². The van der Waals surface area contributed by atoms with Gasteiger partial charge >= 0.3 is 11.9 Å². The van der Waals surface area contributed by atoms with Crippen molar-refractivity contribution in [3.63, 3.8) is 0 Å². The molecule has 4 aromatic carbocycles. The standard InChI is InChI=1S/C26H20O4/c1-15(27)29-25-12-11-21-22(26(25)30-16(2)28)10-9-19-13-18-8-7-17-5-3-4-6-20(17)23(18)14-24(19)21/h3-14,25-26H,1-2H3/t25-,26-/m0/s1. The first kappa shape index (κ1) is 18.4. The fourth-order valence-corrected chi connectivity index (χ4v) is 4.37. The lowest BCUT2D eigenvalue weighted by molar-refractivity contribution is -0.162. The van der Waals surface area contributed by atoms with Gasteiger partial charge in [-0.2, -0.15) is 0 Å². The Hall–Kier alpha value is -3.66. The van der Waals surface area contributed by atoms with Crippen LogP contribution in [-0.4, -0.2) is 18.0 Å². The van der Waals surface area contributed by atoms with Crippen LogP contribution in [0.4, 0.5) is 0 Å². The minimum Gasteiger partial charge on any atom is -0.454 e. The van der Waals surface area contributed by atoms with Crippen LogP contribution in [0.2, 0.25) is 0 Å². The molecule has 0 bridgehead atoms. The highest BCUT2D eigenvalue weighted by Crippen LogP contribution is 2.39. The monoisotopic (exact) mass is 396 g/mol. The van der Waals surface area contributed by atoms with E-state index in [-0.39, 0.29) is 0 Å². The zero-order valence-electron chi connectivity index (χ0n) is 16.7. The van der Waals surface area contributed by atoms with Crippen LogP contribution in [0.1, 0.15) is 31.1 Å². The number of carbonyl (C=O) groups is 2. The van der Waals surface area contributed by atoms with Crippen LogP contribution < -0.4 is 0 Å². The molecule has 1 aliphatic carbocycles. The van der Waals surface area contributed by atoms with E-state index in [1.165, 1.54) is 35.4 Å². The summed E-state index contributed by atoms with van der Waals surface area (Å²) in [6, 6.07) is 21.0. The summed E-state index contributed by atoms with van der Waals surface area (Å²) in [5.74, 6) is -0.827. The molecule has 1 aliphatic rings. The molecule has 0 aromatic heterocycles. The van der Waals surface area contributed by atoms with Crippen molar-refractivity contribution in [1.29, 1.82) is 0 Å². The van der Waals surface area contributed by atoms with Gasteiger partial charge in [-0.25, -0.2) is 0 Å². The summed E-state index contributed by atoms with van der Waals surface area (Å²) >= 11 is 0. The number of esters is 2. The topological polar surface area (TPSA) is 52.6 Å². The van der Waals surface area contributed by atoms with Crippen molar-refractivity contribution < 1.29 is 19.1 Å². The second-order valence-corrected chi connectivity index (χ2v) is 7.61. The number of fused-ring (bicyclic) bond motifs is 6. The van der Waals surface area contributed by atoms with Gasteiger partial charge in [0.25, 0.3) is 0 Å². The van der Waals surface area contributed by atoms with Crippen LogP contribution >= 0.6 is 0 Å². The fraction of sp³-hybridized carbons (Fsp3) is 0.154. The van der Waals surface area contributed by atoms with Gasteiger partial charge in [-0.05, 0) is 56.1 Å². The molecule has 0 heterocycles. The van der Waals surface area contributed by atoms with Gasteiger partial charge in [-0.3, -0.25) is 9.59 Å². The van der Waals surface area contributed by atoms with Crippen LogP contribution in [0.5, 0.6) is 0 Å². The molecule has 0 amide bonds. The highest BCUT2D eigenvalue weighted by atomic mass is 16.6. The smallest absolute Gasteiger partial charge is 0.303 e. The van der Waals surface area contributed by atoms with Crippen LogP contribution in [0.15, 0.2) is 66.7 Å². The minimum absolute atomic E-state index is 0.413. The molecule has 0 aliphatic heterocycles. The van der Waals surface area contributed by atoms with Gasteiger partial charge < -0.3 is 9.47 Å². The molecule has 30 heavy (non-hydrogen) atoms. The Morgan fingerprint density at radius 1 is 0.733 bits per heavy atom. The van der Waals surface area contributed by atoms with E-state index in [0.717, 1.165) is 21.9 Å². The van der Waals surface area contributed by atoms with Gasteiger partial charge in [-0.15, -0.1) is 0 Å². The third-order valence-corrected chi connectivity index (χ3v) is 5.61. The summed E-state index contributed by atoms with van der Waals surface area (Å²) in [5, 5.41) is 6.92. The van der Waals surface area contributed by atoms with E-state index in [2.05, 4.69) is 36.4 Å². The molecule has 0 unspecified atom stereocenters. The van der Waals surface area contributed by atoms with Crippen molar-refractivity contribution in [3.05, 3.63) is 77.9 Å². The van der Waals surface area contributed by atoms with Crippen LogP contribution in [0.3, 0.4) is 0 Å². The lowest BCUT2D eigenvalue weighted by Gasteiger charge is -2.29. The maximum absolute atomic E-state index is 11.8. The van der Waals surface area contributed by atoms with E-state index in [9.17, 15) is 9.59 Å². The quantitative estimate of drug-likeness (QED) is 0.247. The highest BCUT2D eigenvalue weighted by Gasteiger charge is 2.32. The Labute approximate surface area is 173 Å². The molecule has 4 heteroatoms. The average Bonchev–Trinajstić information content (AvgIpc) is 2.73. The van der Waals surface area contributed by atoms with Crippen molar-refractivity contribution in [2.24, 2.45) is 0 Å². The average molecular weight is 396 g/mol. The first-order valence-corrected chi connectivity index (χ1v) is 9.92. The maximum atomic E-state index is 11.8.